The molecule has 3 unspecified atom stereocenters. The molecule has 4 aliphatic carbocycles. The highest BCUT2D eigenvalue weighted by molar-refractivity contribution is 7.16. The van der Waals surface area contributed by atoms with Gasteiger partial charge < -0.3 is 15.8 Å². The van der Waals surface area contributed by atoms with E-state index < -0.39 is 0 Å². The number of morpholine rings is 1. The summed E-state index contributed by atoms with van der Waals surface area (Å²) in [4.78, 5) is 29.0. The molecular weight excluding hydrogens is 422 g/mol. The number of halogens is 1. The molecule has 30 heavy (non-hydrogen) atoms. The summed E-state index contributed by atoms with van der Waals surface area (Å²) in [6, 6.07) is 3.91. The summed E-state index contributed by atoms with van der Waals surface area (Å²) in [6.45, 7) is 3.89. The smallest absolute Gasteiger partial charge is 0.240 e. The van der Waals surface area contributed by atoms with Crippen LogP contribution in [0.2, 0.25) is 4.34 Å². The topological polar surface area (TPSA) is 84.7 Å². The van der Waals surface area contributed by atoms with Crippen molar-refractivity contribution < 1.29 is 14.3 Å². The van der Waals surface area contributed by atoms with Crippen molar-refractivity contribution in [2.45, 2.75) is 57.2 Å². The van der Waals surface area contributed by atoms with Crippen molar-refractivity contribution in [3.63, 3.8) is 0 Å². The molecule has 6 nitrogen and oxygen atoms in total. The number of hydrogen-bond acceptors (Lipinski definition) is 5. The van der Waals surface area contributed by atoms with E-state index in [1.54, 1.807) is 11.3 Å². The fourth-order valence-corrected chi connectivity index (χ4v) is 7.98. The molecular formula is C22H30ClN3O3S. The number of nitrogens with two attached hydrogens (primary N) is 1. The van der Waals surface area contributed by atoms with Crippen LogP contribution in [0.15, 0.2) is 12.1 Å². The highest BCUT2D eigenvalue weighted by atomic mass is 35.5. The molecule has 2 amide bonds. The number of nitrogens with zero attached hydrogens (tertiary/aromatic N) is 1. The fourth-order valence-electron chi connectivity index (χ4n) is 6.84. The molecule has 1 aromatic rings. The Labute approximate surface area is 186 Å². The van der Waals surface area contributed by atoms with E-state index in [9.17, 15) is 9.59 Å². The average molecular weight is 452 g/mol. The first kappa shape index (κ1) is 20.7. The Morgan fingerprint density at radius 1 is 1.30 bits per heavy atom. The minimum absolute atomic E-state index is 0.0507. The van der Waals surface area contributed by atoms with Crippen LogP contribution in [0.4, 0.5) is 0 Å². The Hall–Kier alpha value is -1.15. The van der Waals surface area contributed by atoms with Crippen LogP contribution in [0.3, 0.4) is 0 Å². The summed E-state index contributed by atoms with van der Waals surface area (Å²) in [5, 5.41) is 3.39. The lowest BCUT2D eigenvalue weighted by molar-refractivity contribution is -0.149. The van der Waals surface area contributed by atoms with Crippen molar-refractivity contribution in [2.24, 2.45) is 28.9 Å². The van der Waals surface area contributed by atoms with Crippen molar-refractivity contribution in [2.75, 3.05) is 19.8 Å². The highest BCUT2D eigenvalue weighted by Gasteiger charge is 2.58. The zero-order valence-electron chi connectivity index (χ0n) is 17.3. The van der Waals surface area contributed by atoms with Gasteiger partial charge in [-0.15, -0.1) is 11.3 Å². The molecule has 4 atom stereocenters. The van der Waals surface area contributed by atoms with E-state index in [1.165, 1.54) is 0 Å². The van der Waals surface area contributed by atoms with E-state index in [2.05, 4.69) is 17.1 Å². The molecule has 164 valence electrons. The number of hydrogen-bond donors (Lipinski definition) is 2. The summed E-state index contributed by atoms with van der Waals surface area (Å²) in [6.07, 6.45) is 4.81. The lowest BCUT2D eigenvalue weighted by Crippen LogP contribution is -2.64. The summed E-state index contributed by atoms with van der Waals surface area (Å²) >= 11 is 7.70. The van der Waals surface area contributed by atoms with Crippen molar-refractivity contribution >= 4 is 34.8 Å². The third-order valence-corrected chi connectivity index (χ3v) is 9.48. The maximum atomic E-state index is 13.4. The van der Waals surface area contributed by atoms with E-state index in [-0.39, 0.29) is 35.4 Å². The van der Waals surface area contributed by atoms with Gasteiger partial charge in [0.25, 0.3) is 0 Å². The SMILES string of the molecule is CC(c1ccc(Cl)s1)N1CCOC[C@H]1C(=O)NC1C2CC3CC1CC(C(N)=O)(C3)C2. The third kappa shape index (κ3) is 3.48. The molecule has 1 aliphatic heterocycles. The molecule has 2 heterocycles. The van der Waals surface area contributed by atoms with Crippen LogP contribution in [0.5, 0.6) is 0 Å². The van der Waals surface area contributed by atoms with Crippen LogP contribution in [-0.4, -0.2) is 48.6 Å². The largest absolute Gasteiger partial charge is 0.378 e. The molecule has 1 saturated heterocycles. The van der Waals surface area contributed by atoms with Crippen LogP contribution in [0.1, 0.15) is 49.9 Å². The molecule has 5 aliphatic rings. The van der Waals surface area contributed by atoms with Crippen molar-refractivity contribution in [3.8, 4) is 0 Å². The monoisotopic (exact) mass is 451 g/mol. The Balaban J connectivity index is 1.30. The molecule has 6 rings (SSSR count). The predicted molar refractivity (Wildman–Crippen MR) is 116 cm³/mol. The zero-order chi connectivity index (χ0) is 21.0. The van der Waals surface area contributed by atoms with Gasteiger partial charge in [0.2, 0.25) is 11.8 Å². The first-order valence-corrected chi connectivity index (χ1v) is 12.2. The van der Waals surface area contributed by atoms with E-state index in [1.807, 2.05) is 12.1 Å². The van der Waals surface area contributed by atoms with Crippen molar-refractivity contribution in [1.29, 1.82) is 0 Å². The molecule has 1 aromatic heterocycles. The van der Waals surface area contributed by atoms with E-state index in [0.717, 1.165) is 47.9 Å². The van der Waals surface area contributed by atoms with Gasteiger partial charge in [0.05, 0.1) is 17.6 Å². The second kappa shape index (κ2) is 7.76. The minimum atomic E-state index is -0.329. The summed E-state index contributed by atoms with van der Waals surface area (Å²) in [5.41, 5.74) is 5.48. The Morgan fingerprint density at radius 3 is 2.67 bits per heavy atom. The zero-order valence-corrected chi connectivity index (χ0v) is 18.9. The summed E-state index contributed by atoms with van der Waals surface area (Å²) in [7, 11) is 0. The molecule has 0 aromatic carbocycles. The van der Waals surface area contributed by atoms with E-state index >= 15 is 0 Å². The lowest BCUT2D eigenvalue weighted by Gasteiger charge is -2.59. The van der Waals surface area contributed by atoms with Gasteiger partial charge in [0.15, 0.2) is 0 Å². The normalized spacial score (nSPS) is 39.1. The predicted octanol–water partition coefficient (Wildman–Crippen LogP) is 2.96. The summed E-state index contributed by atoms with van der Waals surface area (Å²) < 4.78 is 6.46. The average Bonchev–Trinajstić information content (AvgIpc) is 3.15. The maximum Gasteiger partial charge on any atom is 0.240 e. The quantitative estimate of drug-likeness (QED) is 0.720. The molecule has 0 spiro atoms. The number of carbonyl (C=O) groups is 2. The second-order valence-electron chi connectivity index (χ2n) is 9.80. The Morgan fingerprint density at radius 2 is 2.03 bits per heavy atom. The second-order valence-corrected chi connectivity index (χ2v) is 11.5. The lowest BCUT2D eigenvalue weighted by atomic mass is 9.47. The number of amides is 2. The standard InChI is InChI=1S/C22H30ClN3O3S/c1-12(17-2-3-18(23)30-17)26-4-5-29-11-16(26)20(27)25-19-14-6-13-7-15(19)10-22(8-13,9-14)21(24)28/h2-3,12-16,19H,4-11H2,1H3,(H2,24,28)(H,25,27)/t12?,13?,14?,15?,16-,19?,22?/m0/s1. The van der Waals surface area contributed by atoms with Gasteiger partial charge >= 0.3 is 0 Å². The van der Waals surface area contributed by atoms with Gasteiger partial charge in [-0.2, -0.15) is 0 Å². The van der Waals surface area contributed by atoms with Crippen LogP contribution in [-0.2, 0) is 14.3 Å². The van der Waals surface area contributed by atoms with Gasteiger partial charge in [0, 0.05) is 28.9 Å². The maximum absolute atomic E-state index is 13.4. The summed E-state index contributed by atoms with van der Waals surface area (Å²) in [5.74, 6) is 1.22. The van der Waals surface area contributed by atoms with Crippen molar-refractivity contribution in [3.05, 3.63) is 21.3 Å². The first-order chi connectivity index (χ1) is 14.4. The molecule has 0 radical (unpaired) electrons. The van der Waals surface area contributed by atoms with Crippen molar-refractivity contribution in [1.82, 2.24) is 10.2 Å². The number of ether oxygens (including phenoxy) is 1. The number of nitrogens with one attached hydrogen (secondary N) is 1. The molecule has 4 bridgehead atoms. The van der Waals surface area contributed by atoms with Crippen LogP contribution in [0, 0.1) is 23.2 Å². The molecule has 5 fully saturated rings. The number of primary amides is 1. The number of thiophene rings is 1. The molecule has 4 saturated carbocycles. The number of carbonyl (C=O) groups excluding carboxylic acids is 2. The van der Waals surface area contributed by atoms with E-state index in [4.69, 9.17) is 22.1 Å². The Kier molecular flexibility index (Phi) is 5.37. The van der Waals surface area contributed by atoms with Crippen LogP contribution < -0.4 is 11.1 Å². The van der Waals surface area contributed by atoms with Gasteiger partial charge in [0.1, 0.15) is 6.04 Å². The third-order valence-electron chi connectivity index (χ3n) is 8.08. The van der Waals surface area contributed by atoms with Gasteiger partial charge in [-0.25, -0.2) is 0 Å². The van der Waals surface area contributed by atoms with Gasteiger partial charge in [-0.1, -0.05) is 11.6 Å². The van der Waals surface area contributed by atoms with E-state index in [0.29, 0.717) is 31.0 Å². The first-order valence-electron chi connectivity index (χ1n) is 11.1. The fraction of sp³-hybridized carbons (Fsp3) is 0.727. The van der Waals surface area contributed by atoms with Crippen LogP contribution in [0.25, 0.3) is 0 Å². The Bertz CT molecular complexity index is 829. The molecule has 3 N–H and O–H groups in total. The van der Waals surface area contributed by atoms with Gasteiger partial charge in [-0.3, -0.25) is 14.5 Å². The number of rotatable bonds is 5. The minimum Gasteiger partial charge on any atom is -0.378 e. The van der Waals surface area contributed by atoms with Gasteiger partial charge in [-0.05, 0) is 68.9 Å². The van der Waals surface area contributed by atoms with Crippen LogP contribution >= 0.6 is 22.9 Å². The molecule has 8 heteroatoms. The highest BCUT2D eigenvalue weighted by Crippen LogP contribution is 2.59.